The van der Waals surface area contributed by atoms with Gasteiger partial charge in [0.2, 0.25) is 11.9 Å². The number of ether oxygens (including phenoxy) is 1. The van der Waals surface area contributed by atoms with Crippen LogP contribution in [-0.4, -0.2) is 44.1 Å². The summed E-state index contributed by atoms with van der Waals surface area (Å²) in [5.41, 5.74) is 12.6. The normalized spacial score (nSPS) is 17.2. The molecular formula is C22H27ClN8O3. The van der Waals surface area contributed by atoms with Gasteiger partial charge in [0.25, 0.3) is 0 Å². The number of nitrogens with zero attached hydrogens (tertiary/aromatic N) is 6. The molecule has 3 aromatic rings. The molecule has 1 spiro atoms. The van der Waals surface area contributed by atoms with Crippen molar-refractivity contribution in [2.24, 2.45) is 21.5 Å². The van der Waals surface area contributed by atoms with Gasteiger partial charge in [-0.2, -0.15) is 4.99 Å². The number of halogens is 1. The monoisotopic (exact) mass is 486 g/mol. The summed E-state index contributed by atoms with van der Waals surface area (Å²) in [4.78, 5) is 22.3. The lowest BCUT2D eigenvalue weighted by atomic mass is 9.87. The second kappa shape index (κ2) is 9.72. The zero-order chi connectivity index (χ0) is 22.8. The van der Waals surface area contributed by atoms with Crippen molar-refractivity contribution in [3.63, 3.8) is 0 Å². The first-order chi connectivity index (χ1) is 16.0. The van der Waals surface area contributed by atoms with Crippen molar-refractivity contribution in [1.82, 2.24) is 19.9 Å². The van der Waals surface area contributed by atoms with Crippen molar-refractivity contribution in [2.75, 3.05) is 6.61 Å². The van der Waals surface area contributed by atoms with Gasteiger partial charge < -0.3 is 25.5 Å². The molecule has 0 amide bonds. The Morgan fingerprint density at radius 3 is 2.74 bits per heavy atom. The van der Waals surface area contributed by atoms with Crippen LogP contribution in [0.4, 0.5) is 0 Å². The largest absolute Gasteiger partial charge is 0.492 e. The summed E-state index contributed by atoms with van der Waals surface area (Å²) < 4.78 is 12.7. The molecular weight excluding hydrogens is 460 g/mol. The van der Waals surface area contributed by atoms with E-state index in [1.54, 1.807) is 16.8 Å². The van der Waals surface area contributed by atoms with E-state index >= 15 is 0 Å². The quantitative estimate of drug-likeness (QED) is 0.502. The van der Waals surface area contributed by atoms with Gasteiger partial charge in [0.15, 0.2) is 0 Å². The van der Waals surface area contributed by atoms with Crippen molar-refractivity contribution in [3.8, 4) is 5.75 Å². The third-order valence-electron chi connectivity index (χ3n) is 6.07. The Morgan fingerprint density at radius 1 is 1.12 bits per heavy atom. The molecule has 4 N–H and O–H groups in total. The maximum atomic E-state index is 11.4. The second-order valence-electron chi connectivity index (χ2n) is 8.34. The Balaban J connectivity index is 0.00000274. The van der Waals surface area contributed by atoms with E-state index < -0.39 is 11.3 Å². The van der Waals surface area contributed by atoms with Gasteiger partial charge in [0, 0.05) is 17.5 Å². The van der Waals surface area contributed by atoms with Crippen LogP contribution in [0.3, 0.4) is 0 Å². The molecule has 1 aliphatic heterocycles. The minimum absolute atomic E-state index is 0. The molecule has 0 bridgehead atoms. The molecule has 3 heterocycles. The van der Waals surface area contributed by atoms with E-state index in [2.05, 4.69) is 20.3 Å². The molecule has 0 atom stereocenters. The summed E-state index contributed by atoms with van der Waals surface area (Å²) in [6.45, 7) is 1.34. The van der Waals surface area contributed by atoms with Gasteiger partial charge in [-0.1, -0.05) is 11.6 Å². The maximum absolute atomic E-state index is 11.4. The van der Waals surface area contributed by atoms with Gasteiger partial charge in [-0.15, -0.1) is 17.5 Å². The SMILES string of the molecule is Cl.NC1=NC2(CCCCC2)N(Cc2cn(CCOc3ccc4ccc(=O)oc4c3)nn2)C(N)=N1. The van der Waals surface area contributed by atoms with Gasteiger partial charge in [0.1, 0.15) is 29.3 Å². The predicted molar refractivity (Wildman–Crippen MR) is 130 cm³/mol. The average molecular weight is 487 g/mol. The van der Waals surface area contributed by atoms with Gasteiger partial charge in [-0.05, 0) is 43.9 Å². The topological polar surface area (TPSA) is 150 Å². The number of benzene rings is 1. The summed E-state index contributed by atoms with van der Waals surface area (Å²) in [5.74, 6) is 1.22. The zero-order valence-corrected chi connectivity index (χ0v) is 19.4. The molecule has 0 radical (unpaired) electrons. The van der Waals surface area contributed by atoms with Crippen LogP contribution in [0.5, 0.6) is 5.75 Å². The summed E-state index contributed by atoms with van der Waals surface area (Å²) in [5, 5.41) is 9.34. The van der Waals surface area contributed by atoms with Crippen LogP contribution in [0.25, 0.3) is 11.0 Å². The van der Waals surface area contributed by atoms with Crippen molar-refractivity contribution in [1.29, 1.82) is 0 Å². The Labute approximate surface area is 201 Å². The lowest BCUT2D eigenvalue weighted by Crippen LogP contribution is -2.57. The Hall–Kier alpha value is -3.60. The fourth-order valence-electron chi connectivity index (χ4n) is 4.49. The first kappa shape index (κ1) is 23.6. The fraction of sp³-hybridized carbons (Fsp3) is 0.409. The van der Waals surface area contributed by atoms with Crippen LogP contribution in [0.2, 0.25) is 0 Å². The third-order valence-corrected chi connectivity index (χ3v) is 6.07. The molecule has 12 heteroatoms. The van der Waals surface area contributed by atoms with Crippen molar-refractivity contribution >= 4 is 35.3 Å². The predicted octanol–water partition coefficient (Wildman–Crippen LogP) is 1.99. The molecule has 5 rings (SSSR count). The Morgan fingerprint density at radius 2 is 1.91 bits per heavy atom. The number of nitrogens with two attached hydrogens (primary N) is 2. The van der Waals surface area contributed by atoms with E-state index in [0.29, 0.717) is 37.0 Å². The molecule has 180 valence electrons. The molecule has 1 fully saturated rings. The standard InChI is InChI=1S/C22H26N8O3.ClH/c23-20-25-21(24)30(22(26-20)8-2-1-3-9-22)14-16-13-29(28-27-16)10-11-32-17-6-4-15-5-7-19(31)33-18(15)12-17;/h4-7,12-13H,1-3,8-11,14H2,(H4,23,24,25,26);1H. The summed E-state index contributed by atoms with van der Waals surface area (Å²) in [7, 11) is 0. The van der Waals surface area contributed by atoms with E-state index in [9.17, 15) is 4.79 Å². The van der Waals surface area contributed by atoms with Crippen LogP contribution < -0.4 is 21.8 Å². The zero-order valence-electron chi connectivity index (χ0n) is 18.6. The lowest BCUT2D eigenvalue weighted by Gasteiger charge is -2.45. The average Bonchev–Trinajstić information content (AvgIpc) is 3.24. The highest BCUT2D eigenvalue weighted by Crippen LogP contribution is 2.37. The van der Waals surface area contributed by atoms with Crippen LogP contribution in [0.1, 0.15) is 37.8 Å². The van der Waals surface area contributed by atoms with Crippen LogP contribution in [-0.2, 0) is 13.1 Å². The van der Waals surface area contributed by atoms with E-state index in [1.807, 2.05) is 23.2 Å². The van der Waals surface area contributed by atoms with E-state index in [-0.39, 0.29) is 18.4 Å². The van der Waals surface area contributed by atoms with Crippen LogP contribution in [0, 0.1) is 0 Å². The molecule has 11 nitrogen and oxygen atoms in total. The van der Waals surface area contributed by atoms with Crippen molar-refractivity contribution < 1.29 is 9.15 Å². The van der Waals surface area contributed by atoms with Crippen molar-refractivity contribution in [3.05, 3.63) is 52.6 Å². The molecule has 1 aromatic carbocycles. The maximum Gasteiger partial charge on any atom is 0.336 e. The molecule has 0 unspecified atom stereocenters. The van der Waals surface area contributed by atoms with Crippen LogP contribution >= 0.6 is 12.4 Å². The Kier molecular flexibility index (Phi) is 6.73. The summed E-state index contributed by atoms with van der Waals surface area (Å²) in [6.07, 6.45) is 6.97. The van der Waals surface area contributed by atoms with Gasteiger partial charge in [-0.3, -0.25) is 0 Å². The first-order valence-electron chi connectivity index (χ1n) is 11.0. The number of aliphatic imine (C=N–C) groups is 2. The highest BCUT2D eigenvalue weighted by atomic mass is 35.5. The van der Waals surface area contributed by atoms with Crippen molar-refractivity contribution in [2.45, 2.75) is 50.9 Å². The number of aromatic nitrogens is 3. The van der Waals surface area contributed by atoms with Gasteiger partial charge in [-0.25, -0.2) is 14.5 Å². The number of hydrogen-bond donors (Lipinski definition) is 2. The molecule has 1 aliphatic carbocycles. The first-order valence-corrected chi connectivity index (χ1v) is 11.0. The molecule has 0 saturated heterocycles. The van der Waals surface area contributed by atoms with E-state index in [1.165, 1.54) is 12.5 Å². The lowest BCUT2D eigenvalue weighted by molar-refractivity contribution is 0.113. The Bertz CT molecular complexity index is 1280. The minimum Gasteiger partial charge on any atom is -0.492 e. The number of guanidine groups is 2. The highest BCUT2D eigenvalue weighted by molar-refractivity contribution is 5.95. The summed E-state index contributed by atoms with van der Waals surface area (Å²) in [6, 6.07) is 8.51. The molecule has 1 saturated carbocycles. The molecule has 2 aromatic heterocycles. The highest BCUT2D eigenvalue weighted by Gasteiger charge is 2.41. The number of hydrogen-bond acceptors (Lipinski definition) is 10. The number of rotatable bonds is 6. The fourth-order valence-corrected chi connectivity index (χ4v) is 4.49. The van der Waals surface area contributed by atoms with Gasteiger partial charge in [0.05, 0.1) is 19.3 Å². The second-order valence-corrected chi connectivity index (χ2v) is 8.34. The van der Waals surface area contributed by atoms with Gasteiger partial charge >= 0.3 is 5.63 Å². The molecule has 34 heavy (non-hydrogen) atoms. The smallest absolute Gasteiger partial charge is 0.336 e. The summed E-state index contributed by atoms with van der Waals surface area (Å²) >= 11 is 0. The van der Waals surface area contributed by atoms with E-state index in [4.69, 9.17) is 20.6 Å². The third kappa shape index (κ3) is 4.84. The molecule has 2 aliphatic rings. The number of fused-ring (bicyclic) bond motifs is 1. The minimum atomic E-state index is -0.452. The van der Waals surface area contributed by atoms with E-state index in [0.717, 1.165) is 36.8 Å². The van der Waals surface area contributed by atoms with Crippen LogP contribution in [0.15, 0.2) is 55.7 Å².